The molecule has 1 rings (SSSR count). The summed E-state index contributed by atoms with van der Waals surface area (Å²) in [6, 6.07) is 1.66. The molecule has 0 amide bonds. The Labute approximate surface area is 94.6 Å². The smallest absolute Gasteiger partial charge is 0.295 e. The minimum absolute atomic E-state index is 0.190. The summed E-state index contributed by atoms with van der Waals surface area (Å²) in [5, 5.41) is 19.2. The summed E-state index contributed by atoms with van der Waals surface area (Å²) in [7, 11) is 1.09. The van der Waals surface area contributed by atoms with Gasteiger partial charge in [0.1, 0.15) is 11.9 Å². The van der Waals surface area contributed by atoms with Crippen LogP contribution in [-0.2, 0) is 6.42 Å². The highest BCUT2D eigenvalue weighted by molar-refractivity contribution is 5.51. The van der Waals surface area contributed by atoms with Crippen molar-refractivity contribution in [3.05, 3.63) is 27.6 Å². The van der Waals surface area contributed by atoms with Crippen molar-refractivity contribution < 1.29 is 18.4 Å². The van der Waals surface area contributed by atoms with Crippen LogP contribution < -0.4 is 4.74 Å². The molecule has 0 unspecified atom stereocenters. The summed E-state index contributed by atoms with van der Waals surface area (Å²) in [6.07, 6.45) is -2.62. The summed E-state index contributed by atoms with van der Waals surface area (Å²) in [5.74, 6) is -0.407. The molecule has 0 aliphatic heterocycles. The molecule has 1 aromatic heterocycles. The highest BCUT2D eigenvalue weighted by atomic mass is 19.3. The Kier molecular flexibility index (Phi) is 3.87. The largest absolute Gasteiger partial charge is 0.494 e. The van der Waals surface area contributed by atoms with Crippen LogP contribution in [0.5, 0.6) is 5.75 Å². The molecule has 0 bridgehead atoms. The van der Waals surface area contributed by atoms with Gasteiger partial charge in [-0.2, -0.15) is 5.26 Å². The van der Waals surface area contributed by atoms with Gasteiger partial charge in [-0.1, -0.05) is 0 Å². The van der Waals surface area contributed by atoms with Crippen LogP contribution in [0.1, 0.15) is 17.7 Å². The van der Waals surface area contributed by atoms with Crippen LogP contribution in [0.25, 0.3) is 0 Å². The molecule has 17 heavy (non-hydrogen) atoms. The first kappa shape index (κ1) is 12.8. The molecule has 1 heterocycles. The van der Waals surface area contributed by atoms with Gasteiger partial charge in [-0.25, -0.2) is 13.8 Å². The first-order valence-corrected chi connectivity index (χ1v) is 4.38. The number of hydrogen-bond acceptors (Lipinski definition) is 5. The molecule has 0 saturated carbocycles. The fraction of sp³-hybridized carbons (Fsp3) is 0.333. The number of hydrogen-bond donors (Lipinski definition) is 0. The standard InChI is InChI=1S/C9H7F2N3O3/c1-17-8-5(2-3-12)6(14(15)16)4-13-7(8)9(10)11/h4,9H,2H2,1H3. The number of rotatable bonds is 4. The lowest BCUT2D eigenvalue weighted by Gasteiger charge is -2.10. The lowest BCUT2D eigenvalue weighted by Crippen LogP contribution is -2.04. The van der Waals surface area contributed by atoms with Crippen molar-refractivity contribution in [1.29, 1.82) is 5.26 Å². The van der Waals surface area contributed by atoms with Gasteiger partial charge in [0, 0.05) is 0 Å². The Morgan fingerprint density at radius 1 is 1.71 bits per heavy atom. The summed E-state index contributed by atoms with van der Waals surface area (Å²) in [6.45, 7) is 0. The van der Waals surface area contributed by atoms with E-state index in [1.807, 2.05) is 0 Å². The maximum Gasteiger partial charge on any atom is 0.295 e. The van der Waals surface area contributed by atoms with Crippen molar-refractivity contribution in [2.24, 2.45) is 0 Å². The van der Waals surface area contributed by atoms with Gasteiger partial charge < -0.3 is 4.74 Å². The van der Waals surface area contributed by atoms with Crippen LogP contribution in [0.15, 0.2) is 6.20 Å². The summed E-state index contributed by atoms with van der Waals surface area (Å²) >= 11 is 0. The number of nitrogens with zero attached hydrogens (tertiary/aromatic N) is 3. The normalized spacial score (nSPS) is 10.1. The van der Waals surface area contributed by atoms with E-state index in [9.17, 15) is 18.9 Å². The number of nitriles is 1. The van der Waals surface area contributed by atoms with Gasteiger partial charge in [-0.3, -0.25) is 10.1 Å². The third-order valence-electron chi connectivity index (χ3n) is 2.01. The van der Waals surface area contributed by atoms with Crippen molar-refractivity contribution in [3.63, 3.8) is 0 Å². The molecule has 6 nitrogen and oxygen atoms in total. The Balaban J connectivity index is 3.50. The van der Waals surface area contributed by atoms with Gasteiger partial charge >= 0.3 is 0 Å². The molecule has 0 atom stereocenters. The van der Waals surface area contributed by atoms with E-state index in [0.717, 1.165) is 7.11 Å². The third kappa shape index (κ3) is 2.44. The highest BCUT2D eigenvalue weighted by Gasteiger charge is 2.26. The lowest BCUT2D eigenvalue weighted by atomic mass is 10.1. The molecule has 8 heteroatoms. The van der Waals surface area contributed by atoms with Crippen molar-refractivity contribution in [3.8, 4) is 11.8 Å². The average molecular weight is 243 g/mol. The fourth-order valence-electron chi connectivity index (χ4n) is 1.33. The molecule has 0 radical (unpaired) electrons. The number of ether oxygens (including phenoxy) is 1. The van der Waals surface area contributed by atoms with Gasteiger partial charge in [-0.05, 0) is 0 Å². The maximum atomic E-state index is 12.6. The Morgan fingerprint density at radius 3 is 2.76 bits per heavy atom. The molecule has 0 fully saturated rings. The second-order valence-electron chi connectivity index (χ2n) is 2.93. The third-order valence-corrected chi connectivity index (χ3v) is 2.01. The van der Waals surface area contributed by atoms with Crippen LogP contribution in [-0.4, -0.2) is 17.0 Å². The van der Waals surface area contributed by atoms with Gasteiger partial charge in [0.25, 0.3) is 12.1 Å². The molecule has 90 valence electrons. The summed E-state index contributed by atoms with van der Waals surface area (Å²) in [4.78, 5) is 13.2. The number of halogens is 2. The number of nitro groups is 1. The van der Waals surface area contributed by atoms with E-state index in [0.29, 0.717) is 6.20 Å². The zero-order valence-corrected chi connectivity index (χ0v) is 8.68. The maximum absolute atomic E-state index is 12.6. The minimum atomic E-state index is -2.93. The molecule has 0 aromatic carbocycles. The molecule has 0 spiro atoms. The number of pyridine rings is 1. The van der Waals surface area contributed by atoms with Gasteiger partial charge in [0.05, 0.1) is 30.1 Å². The second kappa shape index (κ2) is 5.16. The van der Waals surface area contributed by atoms with Crippen LogP contribution in [0.4, 0.5) is 14.5 Å². The predicted octanol–water partition coefficient (Wildman–Crippen LogP) is 2.00. The van der Waals surface area contributed by atoms with Crippen molar-refractivity contribution in [2.45, 2.75) is 12.8 Å². The monoisotopic (exact) mass is 243 g/mol. The molecule has 0 aliphatic carbocycles. The summed E-state index contributed by atoms with van der Waals surface area (Å²) in [5.41, 5.74) is -1.40. The number of alkyl halides is 2. The zero-order valence-electron chi connectivity index (χ0n) is 8.68. The number of aromatic nitrogens is 1. The van der Waals surface area contributed by atoms with E-state index < -0.39 is 34.9 Å². The van der Waals surface area contributed by atoms with E-state index >= 15 is 0 Å². The van der Waals surface area contributed by atoms with Crippen LogP contribution in [0.3, 0.4) is 0 Å². The highest BCUT2D eigenvalue weighted by Crippen LogP contribution is 2.35. The van der Waals surface area contributed by atoms with Gasteiger partial charge in [0.2, 0.25) is 0 Å². The molecular formula is C9H7F2N3O3. The molecule has 0 saturated heterocycles. The van der Waals surface area contributed by atoms with E-state index in [4.69, 9.17) is 5.26 Å². The predicted molar refractivity (Wildman–Crippen MR) is 51.7 cm³/mol. The molecule has 0 N–H and O–H groups in total. The van der Waals surface area contributed by atoms with Crippen molar-refractivity contribution in [2.75, 3.05) is 7.11 Å². The van der Waals surface area contributed by atoms with E-state index in [1.54, 1.807) is 6.07 Å². The molecular weight excluding hydrogens is 236 g/mol. The van der Waals surface area contributed by atoms with Crippen LogP contribution in [0, 0.1) is 21.4 Å². The van der Waals surface area contributed by atoms with E-state index in [-0.39, 0.29) is 5.56 Å². The second-order valence-corrected chi connectivity index (χ2v) is 2.93. The quantitative estimate of drug-likeness (QED) is 0.596. The van der Waals surface area contributed by atoms with Crippen LogP contribution in [0.2, 0.25) is 0 Å². The Hall–Kier alpha value is -2.30. The first-order chi connectivity index (χ1) is 8.02. The lowest BCUT2D eigenvalue weighted by molar-refractivity contribution is -0.385. The van der Waals surface area contributed by atoms with Gasteiger partial charge in [0.15, 0.2) is 5.75 Å². The first-order valence-electron chi connectivity index (χ1n) is 4.38. The van der Waals surface area contributed by atoms with E-state index in [2.05, 4.69) is 9.72 Å². The fourth-order valence-corrected chi connectivity index (χ4v) is 1.33. The number of methoxy groups -OCH3 is 1. The topological polar surface area (TPSA) is 89.1 Å². The average Bonchev–Trinajstić information content (AvgIpc) is 2.28. The zero-order chi connectivity index (χ0) is 13.0. The Morgan fingerprint density at radius 2 is 2.35 bits per heavy atom. The van der Waals surface area contributed by atoms with Crippen molar-refractivity contribution >= 4 is 5.69 Å². The van der Waals surface area contributed by atoms with Gasteiger partial charge in [-0.15, -0.1) is 0 Å². The van der Waals surface area contributed by atoms with Crippen LogP contribution >= 0.6 is 0 Å². The molecule has 0 aliphatic rings. The summed E-state index contributed by atoms with van der Waals surface area (Å²) < 4.78 is 29.8. The van der Waals surface area contributed by atoms with Crippen molar-refractivity contribution in [1.82, 2.24) is 4.98 Å². The minimum Gasteiger partial charge on any atom is -0.494 e. The SMILES string of the molecule is COc1c(C(F)F)ncc([N+](=O)[O-])c1CC#N. The Bertz CT molecular complexity index is 485. The van der Waals surface area contributed by atoms with E-state index in [1.165, 1.54) is 0 Å². The molecule has 1 aromatic rings.